The van der Waals surface area contributed by atoms with Gasteiger partial charge in [-0.05, 0) is 61.7 Å². The summed E-state index contributed by atoms with van der Waals surface area (Å²) < 4.78 is 5.90. The Morgan fingerprint density at radius 1 is 1.33 bits per heavy atom. The second kappa shape index (κ2) is 3.85. The average molecular weight is 248 g/mol. The number of carbonyl (C=O) groups excluding carboxylic acids is 1. The van der Waals surface area contributed by atoms with Gasteiger partial charge in [0.1, 0.15) is 5.60 Å². The Balaban J connectivity index is 1.92. The molecule has 0 amide bonds. The number of hydrogen-bond donors (Lipinski definition) is 0. The van der Waals surface area contributed by atoms with Crippen molar-refractivity contribution < 1.29 is 9.53 Å². The lowest BCUT2D eigenvalue weighted by atomic mass is 9.44. The van der Waals surface area contributed by atoms with Crippen LogP contribution in [0.3, 0.4) is 0 Å². The molecule has 0 aromatic carbocycles. The fraction of sp³-hybridized carbons (Fsp3) is 0.812. The Morgan fingerprint density at radius 2 is 1.94 bits per heavy atom. The summed E-state index contributed by atoms with van der Waals surface area (Å²) in [6, 6.07) is 0. The zero-order chi connectivity index (χ0) is 13.0. The third kappa shape index (κ3) is 1.57. The molecule has 0 saturated heterocycles. The first-order chi connectivity index (χ1) is 8.51. The number of carbonyl (C=O) groups is 1. The van der Waals surface area contributed by atoms with Gasteiger partial charge in [-0.2, -0.15) is 0 Å². The van der Waals surface area contributed by atoms with Crippen LogP contribution in [-0.4, -0.2) is 11.6 Å². The summed E-state index contributed by atoms with van der Waals surface area (Å²) >= 11 is 0. The van der Waals surface area contributed by atoms with Crippen molar-refractivity contribution >= 4 is 5.97 Å². The van der Waals surface area contributed by atoms with Gasteiger partial charge in [-0.1, -0.05) is 20.4 Å². The minimum Gasteiger partial charge on any atom is -0.455 e. The van der Waals surface area contributed by atoms with Crippen LogP contribution in [0.5, 0.6) is 0 Å². The van der Waals surface area contributed by atoms with E-state index < -0.39 is 0 Å². The number of rotatable bonds is 3. The van der Waals surface area contributed by atoms with Crippen LogP contribution < -0.4 is 0 Å². The van der Waals surface area contributed by atoms with Gasteiger partial charge in [-0.15, -0.1) is 0 Å². The Morgan fingerprint density at radius 3 is 2.39 bits per heavy atom. The van der Waals surface area contributed by atoms with Crippen LogP contribution >= 0.6 is 0 Å². The predicted octanol–water partition coefficient (Wildman–Crippen LogP) is 3.71. The molecule has 4 aliphatic carbocycles. The van der Waals surface area contributed by atoms with Crippen molar-refractivity contribution in [2.45, 2.75) is 58.0 Å². The molecule has 0 N–H and O–H groups in total. The molecule has 100 valence electrons. The molecule has 0 aromatic heterocycles. The first-order valence-electron chi connectivity index (χ1n) is 7.37. The van der Waals surface area contributed by atoms with Crippen molar-refractivity contribution in [3.8, 4) is 0 Å². The van der Waals surface area contributed by atoms with Crippen LogP contribution in [0.2, 0.25) is 0 Å². The van der Waals surface area contributed by atoms with Gasteiger partial charge >= 0.3 is 5.97 Å². The van der Waals surface area contributed by atoms with Crippen LogP contribution in [-0.2, 0) is 9.53 Å². The van der Waals surface area contributed by atoms with Crippen molar-refractivity contribution in [3.63, 3.8) is 0 Å². The van der Waals surface area contributed by atoms with E-state index >= 15 is 0 Å². The number of hydrogen-bond acceptors (Lipinski definition) is 2. The quantitative estimate of drug-likeness (QED) is 0.562. The first kappa shape index (κ1) is 12.3. The molecular weight excluding hydrogens is 224 g/mol. The van der Waals surface area contributed by atoms with Crippen molar-refractivity contribution in [2.24, 2.45) is 23.2 Å². The van der Waals surface area contributed by atoms with Gasteiger partial charge < -0.3 is 4.74 Å². The van der Waals surface area contributed by atoms with Crippen LogP contribution in [0, 0.1) is 23.2 Å². The molecule has 18 heavy (non-hydrogen) atoms. The molecule has 0 aromatic rings. The zero-order valence-electron chi connectivity index (χ0n) is 11.6. The highest BCUT2D eigenvalue weighted by Crippen LogP contribution is 2.65. The molecule has 4 unspecified atom stereocenters. The predicted molar refractivity (Wildman–Crippen MR) is 71.0 cm³/mol. The summed E-state index contributed by atoms with van der Waals surface area (Å²) in [6.45, 7) is 8.17. The number of ether oxygens (including phenoxy) is 1. The SMILES string of the molecule is C=CC(=O)OC1(CC)C2CC3C[C@@H]1CC(C)(C3)C2. The van der Waals surface area contributed by atoms with E-state index in [4.69, 9.17) is 4.74 Å². The normalized spacial score (nSPS) is 49.1. The molecule has 0 spiro atoms. The van der Waals surface area contributed by atoms with Gasteiger partial charge in [0.05, 0.1) is 0 Å². The fourth-order valence-corrected chi connectivity index (χ4v) is 5.49. The molecule has 4 bridgehead atoms. The van der Waals surface area contributed by atoms with Gasteiger partial charge in [0.25, 0.3) is 0 Å². The molecule has 2 nitrogen and oxygen atoms in total. The highest BCUT2D eigenvalue weighted by Gasteiger charge is 2.61. The zero-order valence-corrected chi connectivity index (χ0v) is 11.6. The monoisotopic (exact) mass is 248 g/mol. The summed E-state index contributed by atoms with van der Waals surface area (Å²) in [5, 5.41) is 0. The molecule has 4 saturated carbocycles. The maximum atomic E-state index is 11.7. The van der Waals surface area contributed by atoms with Gasteiger partial charge in [0.15, 0.2) is 0 Å². The van der Waals surface area contributed by atoms with Crippen molar-refractivity contribution in [3.05, 3.63) is 12.7 Å². The van der Waals surface area contributed by atoms with E-state index in [0.29, 0.717) is 17.3 Å². The summed E-state index contributed by atoms with van der Waals surface area (Å²) in [5.74, 6) is 1.83. The average Bonchev–Trinajstić information content (AvgIpc) is 2.31. The van der Waals surface area contributed by atoms with Crippen LogP contribution in [0.1, 0.15) is 52.4 Å². The maximum absolute atomic E-state index is 11.7. The fourth-order valence-electron chi connectivity index (χ4n) is 5.49. The van der Waals surface area contributed by atoms with Crippen LogP contribution in [0.4, 0.5) is 0 Å². The topological polar surface area (TPSA) is 26.3 Å². The van der Waals surface area contributed by atoms with E-state index in [9.17, 15) is 4.79 Å². The summed E-state index contributed by atoms with van der Waals surface area (Å²) in [6.07, 6.45) is 8.72. The molecule has 4 fully saturated rings. The van der Waals surface area contributed by atoms with Gasteiger partial charge in [0.2, 0.25) is 0 Å². The molecule has 2 heteroatoms. The highest BCUT2D eigenvalue weighted by molar-refractivity contribution is 5.81. The second-order valence-electron chi connectivity index (χ2n) is 7.09. The third-order valence-corrected chi connectivity index (χ3v) is 5.89. The third-order valence-electron chi connectivity index (χ3n) is 5.89. The molecule has 0 radical (unpaired) electrons. The van der Waals surface area contributed by atoms with Gasteiger partial charge in [0, 0.05) is 6.08 Å². The van der Waals surface area contributed by atoms with Crippen molar-refractivity contribution in [2.75, 3.05) is 0 Å². The van der Waals surface area contributed by atoms with Gasteiger partial charge in [-0.3, -0.25) is 0 Å². The molecular formula is C16H24O2. The molecule has 4 aliphatic rings. The minimum absolute atomic E-state index is 0.179. The highest BCUT2D eigenvalue weighted by atomic mass is 16.6. The summed E-state index contributed by atoms with van der Waals surface area (Å²) in [5.41, 5.74) is 0.345. The van der Waals surface area contributed by atoms with E-state index in [1.165, 1.54) is 38.2 Å². The Hall–Kier alpha value is -0.790. The largest absolute Gasteiger partial charge is 0.455 e. The molecule has 0 heterocycles. The lowest BCUT2D eigenvalue weighted by molar-refractivity contribution is -0.220. The van der Waals surface area contributed by atoms with E-state index in [2.05, 4.69) is 20.4 Å². The summed E-state index contributed by atoms with van der Waals surface area (Å²) in [7, 11) is 0. The molecule has 5 atom stereocenters. The van der Waals surface area contributed by atoms with Crippen LogP contribution in [0.15, 0.2) is 12.7 Å². The Kier molecular flexibility index (Phi) is 2.62. The molecule has 4 rings (SSSR count). The lowest BCUT2D eigenvalue weighted by Gasteiger charge is -2.63. The molecule has 0 aliphatic heterocycles. The standard InChI is InChI=1S/C16H24O2/c1-4-14(17)18-16(5-2)12-6-11-7-13(16)10-15(3,8-11)9-12/h4,11-13H,1,5-10H2,2-3H3/t11?,12-,13?,15?,16?/m1/s1. The lowest BCUT2D eigenvalue weighted by Crippen LogP contribution is -2.61. The van der Waals surface area contributed by atoms with E-state index in [0.717, 1.165) is 12.3 Å². The Labute approximate surface area is 110 Å². The Bertz CT molecular complexity index is 369. The smallest absolute Gasteiger partial charge is 0.330 e. The second-order valence-corrected chi connectivity index (χ2v) is 7.09. The number of esters is 1. The van der Waals surface area contributed by atoms with Crippen molar-refractivity contribution in [1.82, 2.24) is 0 Å². The summed E-state index contributed by atoms with van der Waals surface area (Å²) in [4.78, 5) is 11.7. The first-order valence-corrected chi connectivity index (χ1v) is 7.37. The van der Waals surface area contributed by atoms with Gasteiger partial charge in [-0.25, -0.2) is 4.79 Å². The minimum atomic E-state index is -0.227. The maximum Gasteiger partial charge on any atom is 0.330 e. The van der Waals surface area contributed by atoms with E-state index in [1.807, 2.05) is 0 Å². The van der Waals surface area contributed by atoms with E-state index in [-0.39, 0.29) is 11.6 Å². The van der Waals surface area contributed by atoms with Crippen molar-refractivity contribution in [1.29, 1.82) is 0 Å². The van der Waals surface area contributed by atoms with E-state index in [1.54, 1.807) is 0 Å². The van der Waals surface area contributed by atoms with Crippen LogP contribution in [0.25, 0.3) is 0 Å².